The van der Waals surface area contributed by atoms with E-state index in [-0.39, 0.29) is 0 Å². The lowest BCUT2D eigenvalue weighted by Crippen LogP contribution is -2.29. The molecule has 0 bridgehead atoms. The molecule has 1 saturated carbocycles. The molecule has 0 aliphatic heterocycles. The molecule has 2 rings (SSSR count). The standard InChI is InChI=1S/C17H29NS/c1-3-11-18-17(16-12-14(2)19-13-16)15-9-7-5-4-6-8-10-15/h12-13,15,17-18H,3-11H2,1-2H3. The van der Waals surface area contributed by atoms with Gasteiger partial charge < -0.3 is 5.32 Å². The molecular formula is C17H29NS. The largest absolute Gasteiger partial charge is 0.310 e. The van der Waals surface area contributed by atoms with Crippen LogP contribution in [0.3, 0.4) is 0 Å². The van der Waals surface area contributed by atoms with Crippen LogP contribution in [0.4, 0.5) is 0 Å². The van der Waals surface area contributed by atoms with Gasteiger partial charge in [0, 0.05) is 10.9 Å². The minimum absolute atomic E-state index is 0.600. The van der Waals surface area contributed by atoms with Gasteiger partial charge in [-0.2, -0.15) is 0 Å². The number of aryl methyl sites for hydroxylation is 1. The summed E-state index contributed by atoms with van der Waals surface area (Å²) in [5.74, 6) is 0.848. The van der Waals surface area contributed by atoms with Crippen LogP contribution < -0.4 is 5.32 Å². The zero-order valence-corrected chi connectivity index (χ0v) is 13.4. The first-order chi connectivity index (χ1) is 9.31. The van der Waals surface area contributed by atoms with Gasteiger partial charge in [-0.25, -0.2) is 0 Å². The predicted molar refractivity (Wildman–Crippen MR) is 85.9 cm³/mol. The Morgan fingerprint density at radius 1 is 1.21 bits per heavy atom. The highest BCUT2D eigenvalue weighted by molar-refractivity contribution is 7.10. The maximum Gasteiger partial charge on any atom is 0.0357 e. The lowest BCUT2D eigenvalue weighted by atomic mass is 9.83. The van der Waals surface area contributed by atoms with Gasteiger partial charge in [-0.15, -0.1) is 11.3 Å². The van der Waals surface area contributed by atoms with Gasteiger partial charge in [-0.1, -0.05) is 39.0 Å². The van der Waals surface area contributed by atoms with E-state index in [4.69, 9.17) is 0 Å². The topological polar surface area (TPSA) is 12.0 Å². The van der Waals surface area contributed by atoms with Crippen LogP contribution in [0.2, 0.25) is 0 Å². The van der Waals surface area contributed by atoms with Crippen LogP contribution in [0.15, 0.2) is 11.4 Å². The summed E-state index contributed by atoms with van der Waals surface area (Å²) >= 11 is 1.90. The SMILES string of the molecule is CCCNC(c1csc(C)c1)C1CCCCCCC1. The van der Waals surface area contributed by atoms with E-state index in [1.807, 2.05) is 11.3 Å². The van der Waals surface area contributed by atoms with Crippen molar-refractivity contribution in [3.8, 4) is 0 Å². The average molecular weight is 279 g/mol. The van der Waals surface area contributed by atoms with Gasteiger partial charge in [0.25, 0.3) is 0 Å². The fourth-order valence-electron chi connectivity index (χ4n) is 3.30. The lowest BCUT2D eigenvalue weighted by Gasteiger charge is -2.29. The molecule has 0 radical (unpaired) electrons. The number of hydrogen-bond acceptors (Lipinski definition) is 2. The minimum atomic E-state index is 0.600. The molecule has 2 heteroatoms. The van der Waals surface area contributed by atoms with E-state index in [1.54, 1.807) is 5.56 Å². The number of nitrogens with one attached hydrogen (secondary N) is 1. The summed E-state index contributed by atoms with van der Waals surface area (Å²) in [6.07, 6.45) is 11.3. The van der Waals surface area contributed by atoms with Gasteiger partial charge in [0.1, 0.15) is 0 Å². The second-order valence-electron chi connectivity index (χ2n) is 6.03. The van der Waals surface area contributed by atoms with E-state index in [9.17, 15) is 0 Å². The van der Waals surface area contributed by atoms with Crippen LogP contribution in [0.5, 0.6) is 0 Å². The molecule has 1 aromatic rings. The van der Waals surface area contributed by atoms with Gasteiger partial charge in [0.05, 0.1) is 0 Å². The van der Waals surface area contributed by atoms with Gasteiger partial charge in [0.15, 0.2) is 0 Å². The predicted octanol–water partition coefficient (Wildman–Crippen LogP) is 5.46. The minimum Gasteiger partial charge on any atom is -0.310 e. The van der Waals surface area contributed by atoms with Crippen molar-refractivity contribution in [2.24, 2.45) is 5.92 Å². The number of hydrogen-bond donors (Lipinski definition) is 1. The number of rotatable bonds is 5. The third kappa shape index (κ3) is 4.61. The molecule has 108 valence electrons. The van der Waals surface area contributed by atoms with Gasteiger partial charge >= 0.3 is 0 Å². The molecule has 1 nitrogen and oxygen atoms in total. The summed E-state index contributed by atoms with van der Waals surface area (Å²) in [6.45, 7) is 5.64. The molecular weight excluding hydrogens is 250 g/mol. The third-order valence-corrected chi connectivity index (χ3v) is 5.23. The summed E-state index contributed by atoms with van der Waals surface area (Å²) < 4.78 is 0. The average Bonchev–Trinajstić information content (AvgIpc) is 2.78. The fraction of sp³-hybridized carbons (Fsp3) is 0.765. The fourth-order valence-corrected chi connectivity index (χ4v) is 4.05. The van der Waals surface area contributed by atoms with E-state index in [0.29, 0.717) is 6.04 Å². The second-order valence-corrected chi connectivity index (χ2v) is 7.14. The molecule has 1 aliphatic rings. The molecule has 1 fully saturated rings. The van der Waals surface area contributed by atoms with E-state index in [1.165, 1.54) is 56.2 Å². The molecule has 0 amide bonds. The zero-order valence-electron chi connectivity index (χ0n) is 12.6. The molecule has 1 heterocycles. The Morgan fingerprint density at radius 3 is 2.47 bits per heavy atom. The Hall–Kier alpha value is -0.340. The van der Waals surface area contributed by atoms with Crippen molar-refractivity contribution in [1.82, 2.24) is 5.32 Å². The van der Waals surface area contributed by atoms with Crippen molar-refractivity contribution in [2.75, 3.05) is 6.54 Å². The summed E-state index contributed by atoms with van der Waals surface area (Å²) in [5.41, 5.74) is 1.54. The molecule has 1 atom stereocenters. The zero-order chi connectivity index (χ0) is 13.5. The Morgan fingerprint density at radius 2 is 1.89 bits per heavy atom. The number of thiophene rings is 1. The van der Waals surface area contributed by atoms with Crippen LogP contribution in [0, 0.1) is 12.8 Å². The van der Waals surface area contributed by atoms with E-state index in [2.05, 4.69) is 30.6 Å². The van der Waals surface area contributed by atoms with E-state index in [0.717, 1.165) is 12.5 Å². The lowest BCUT2D eigenvalue weighted by molar-refractivity contribution is 0.289. The highest BCUT2D eigenvalue weighted by Crippen LogP contribution is 2.34. The monoisotopic (exact) mass is 279 g/mol. The third-order valence-electron chi connectivity index (χ3n) is 4.35. The normalized spacial score (nSPS) is 19.9. The maximum absolute atomic E-state index is 3.82. The van der Waals surface area contributed by atoms with Crippen molar-refractivity contribution in [3.05, 3.63) is 21.9 Å². The molecule has 0 saturated heterocycles. The quantitative estimate of drug-likeness (QED) is 0.755. The Labute approximate surface area is 122 Å². The maximum atomic E-state index is 3.82. The molecule has 1 aromatic heterocycles. The van der Waals surface area contributed by atoms with Crippen molar-refractivity contribution in [3.63, 3.8) is 0 Å². The van der Waals surface area contributed by atoms with Crippen LogP contribution in [-0.4, -0.2) is 6.54 Å². The molecule has 1 N–H and O–H groups in total. The van der Waals surface area contributed by atoms with Crippen LogP contribution in [-0.2, 0) is 0 Å². The van der Waals surface area contributed by atoms with Crippen LogP contribution in [0.1, 0.15) is 74.8 Å². The van der Waals surface area contributed by atoms with E-state index < -0.39 is 0 Å². The van der Waals surface area contributed by atoms with E-state index >= 15 is 0 Å². The highest BCUT2D eigenvalue weighted by atomic mass is 32.1. The Balaban J connectivity index is 2.06. The molecule has 19 heavy (non-hydrogen) atoms. The first kappa shape index (κ1) is 15.1. The van der Waals surface area contributed by atoms with Gasteiger partial charge in [-0.05, 0) is 55.7 Å². The molecule has 1 aliphatic carbocycles. The van der Waals surface area contributed by atoms with Crippen molar-refractivity contribution in [1.29, 1.82) is 0 Å². The molecule has 0 spiro atoms. The summed E-state index contributed by atoms with van der Waals surface area (Å²) in [7, 11) is 0. The first-order valence-electron chi connectivity index (χ1n) is 8.09. The van der Waals surface area contributed by atoms with Crippen LogP contribution >= 0.6 is 11.3 Å². The van der Waals surface area contributed by atoms with Crippen molar-refractivity contribution in [2.45, 2.75) is 71.3 Å². The Bertz CT molecular complexity index is 350. The summed E-state index contributed by atoms with van der Waals surface area (Å²) in [5, 5.41) is 6.20. The van der Waals surface area contributed by atoms with Gasteiger partial charge in [-0.3, -0.25) is 0 Å². The summed E-state index contributed by atoms with van der Waals surface area (Å²) in [4.78, 5) is 1.45. The first-order valence-corrected chi connectivity index (χ1v) is 8.97. The van der Waals surface area contributed by atoms with Crippen LogP contribution in [0.25, 0.3) is 0 Å². The highest BCUT2D eigenvalue weighted by Gasteiger charge is 2.23. The smallest absolute Gasteiger partial charge is 0.0357 e. The second kappa shape index (κ2) is 8.06. The van der Waals surface area contributed by atoms with Crippen molar-refractivity contribution >= 4 is 11.3 Å². The Kier molecular flexibility index (Phi) is 6.39. The van der Waals surface area contributed by atoms with Crippen molar-refractivity contribution < 1.29 is 0 Å². The summed E-state index contributed by atoms with van der Waals surface area (Å²) in [6, 6.07) is 3.00. The molecule has 1 unspecified atom stereocenters. The molecule has 0 aromatic carbocycles. The van der Waals surface area contributed by atoms with Gasteiger partial charge in [0.2, 0.25) is 0 Å².